The van der Waals surface area contributed by atoms with E-state index >= 15 is 0 Å². The Morgan fingerprint density at radius 2 is 1.77 bits per heavy atom. The molecule has 3 aromatic rings. The number of benzene rings is 2. The van der Waals surface area contributed by atoms with E-state index in [0.29, 0.717) is 22.8 Å². The average molecular weight is 406 g/mol. The van der Waals surface area contributed by atoms with Crippen LogP contribution in [0.25, 0.3) is 11.3 Å². The quantitative estimate of drug-likeness (QED) is 0.556. The Bertz CT molecular complexity index is 1020. The number of methoxy groups -OCH3 is 1. The first kappa shape index (κ1) is 21.1. The summed E-state index contributed by atoms with van der Waals surface area (Å²) in [4.78, 5) is 25.4. The fourth-order valence-electron chi connectivity index (χ4n) is 3.06. The number of hydrogen-bond acceptors (Lipinski definition) is 4. The topological polar surface area (TPSA) is 96.1 Å². The summed E-state index contributed by atoms with van der Waals surface area (Å²) < 4.78 is 5.37. The van der Waals surface area contributed by atoms with E-state index in [2.05, 4.69) is 20.8 Å². The Kier molecular flexibility index (Phi) is 6.51. The molecule has 2 aromatic carbocycles. The van der Waals surface area contributed by atoms with Crippen molar-refractivity contribution >= 4 is 17.6 Å². The van der Waals surface area contributed by atoms with E-state index in [1.165, 1.54) is 0 Å². The molecule has 1 aromatic heterocycles. The maximum Gasteiger partial charge on any atom is 0.251 e. The molecule has 2 amide bonds. The fourth-order valence-corrected chi connectivity index (χ4v) is 3.06. The number of carbonyl (C=O) groups is 2. The number of anilines is 1. The van der Waals surface area contributed by atoms with E-state index in [0.717, 1.165) is 11.1 Å². The second-order valence-corrected chi connectivity index (χ2v) is 7.42. The molecule has 1 unspecified atom stereocenters. The van der Waals surface area contributed by atoms with Gasteiger partial charge in [-0.2, -0.15) is 5.10 Å². The summed E-state index contributed by atoms with van der Waals surface area (Å²) in [5, 5.41) is 12.7. The second kappa shape index (κ2) is 9.26. The predicted molar refractivity (Wildman–Crippen MR) is 116 cm³/mol. The minimum Gasteiger partial charge on any atom is -0.496 e. The summed E-state index contributed by atoms with van der Waals surface area (Å²) >= 11 is 0. The zero-order valence-corrected chi connectivity index (χ0v) is 17.5. The van der Waals surface area contributed by atoms with Crippen LogP contribution in [0.3, 0.4) is 0 Å². The van der Waals surface area contributed by atoms with Gasteiger partial charge in [-0.05, 0) is 37.1 Å². The Hall–Kier alpha value is -3.61. The van der Waals surface area contributed by atoms with E-state index in [1.807, 2.05) is 57.2 Å². The summed E-state index contributed by atoms with van der Waals surface area (Å²) in [5.74, 6) is 0.344. The first-order valence-electron chi connectivity index (χ1n) is 9.76. The highest BCUT2D eigenvalue weighted by atomic mass is 16.5. The zero-order chi connectivity index (χ0) is 21.7. The number of aromatic nitrogens is 2. The molecule has 0 bridgehead atoms. The normalized spacial score (nSPS) is 11.8. The lowest BCUT2D eigenvalue weighted by Gasteiger charge is -2.21. The Labute approximate surface area is 175 Å². The van der Waals surface area contributed by atoms with E-state index in [1.54, 1.807) is 25.3 Å². The number of para-hydroxylation sites is 1. The molecule has 0 aliphatic heterocycles. The van der Waals surface area contributed by atoms with E-state index < -0.39 is 6.04 Å². The Balaban J connectivity index is 1.72. The van der Waals surface area contributed by atoms with Gasteiger partial charge in [-0.3, -0.25) is 14.7 Å². The number of aromatic amines is 1. The van der Waals surface area contributed by atoms with Gasteiger partial charge in [0.1, 0.15) is 11.8 Å². The number of aryl methyl sites for hydroxylation is 1. The highest BCUT2D eigenvalue weighted by Crippen LogP contribution is 2.29. The molecule has 1 heterocycles. The van der Waals surface area contributed by atoms with E-state index in [9.17, 15) is 9.59 Å². The molecular formula is C23H26N4O3. The molecule has 3 N–H and O–H groups in total. The van der Waals surface area contributed by atoms with Crippen LogP contribution in [-0.4, -0.2) is 35.2 Å². The van der Waals surface area contributed by atoms with Gasteiger partial charge in [0.05, 0.1) is 12.8 Å². The van der Waals surface area contributed by atoms with Gasteiger partial charge in [0.25, 0.3) is 5.91 Å². The van der Waals surface area contributed by atoms with Crippen LogP contribution in [0.2, 0.25) is 0 Å². The van der Waals surface area contributed by atoms with Gasteiger partial charge in [0.15, 0.2) is 5.82 Å². The molecule has 0 saturated carbocycles. The highest BCUT2D eigenvalue weighted by molar-refractivity contribution is 6.01. The monoisotopic (exact) mass is 406 g/mol. The lowest BCUT2D eigenvalue weighted by atomic mass is 10.0. The van der Waals surface area contributed by atoms with Crippen LogP contribution >= 0.6 is 0 Å². The molecule has 1 atom stereocenters. The standard InChI is InChI=1S/C23H26N4O3/c1-14(2)21(25-22(28)16-11-9-15(3)10-12-16)23(29)24-20-13-18(26-27-20)17-7-5-6-8-19(17)30-4/h5-14,21H,1-4H3,(H,25,28)(H2,24,26,27,29). The molecule has 0 fully saturated rings. The molecule has 7 heteroatoms. The Morgan fingerprint density at radius 3 is 2.43 bits per heavy atom. The number of nitrogens with zero attached hydrogens (tertiary/aromatic N) is 1. The van der Waals surface area contributed by atoms with Crippen molar-refractivity contribution in [3.63, 3.8) is 0 Å². The van der Waals surface area contributed by atoms with E-state index in [-0.39, 0.29) is 17.7 Å². The number of nitrogens with one attached hydrogen (secondary N) is 3. The van der Waals surface area contributed by atoms with Crippen LogP contribution < -0.4 is 15.4 Å². The minimum atomic E-state index is -0.704. The molecule has 3 rings (SSSR count). The largest absolute Gasteiger partial charge is 0.496 e. The van der Waals surface area contributed by atoms with Gasteiger partial charge >= 0.3 is 0 Å². The van der Waals surface area contributed by atoms with Crippen LogP contribution in [0.5, 0.6) is 5.75 Å². The minimum absolute atomic E-state index is 0.105. The van der Waals surface area contributed by atoms with Gasteiger partial charge in [0.2, 0.25) is 5.91 Å². The van der Waals surface area contributed by atoms with Crippen molar-refractivity contribution in [1.29, 1.82) is 0 Å². The molecule has 30 heavy (non-hydrogen) atoms. The maximum atomic E-state index is 12.8. The second-order valence-electron chi connectivity index (χ2n) is 7.42. The number of amides is 2. The van der Waals surface area contributed by atoms with Crippen molar-refractivity contribution in [3.8, 4) is 17.0 Å². The highest BCUT2D eigenvalue weighted by Gasteiger charge is 2.25. The molecule has 0 spiro atoms. The van der Waals surface area contributed by atoms with Crippen molar-refractivity contribution in [2.45, 2.75) is 26.8 Å². The van der Waals surface area contributed by atoms with Gasteiger partial charge in [0, 0.05) is 17.2 Å². The Morgan fingerprint density at radius 1 is 1.07 bits per heavy atom. The fraction of sp³-hybridized carbons (Fsp3) is 0.261. The molecular weight excluding hydrogens is 380 g/mol. The number of H-pyrrole nitrogens is 1. The van der Waals surface area contributed by atoms with Crippen molar-refractivity contribution in [3.05, 3.63) is 65.7 Å². The van der Waals surface area contributed by atoms with Crippen LogP contribution in [0, 0.1) is 12.8 Å². The van der Waals surface area contributed by atoms with Crippen LogP contribution in [0.15, 0.2) is 54.6 Å². The summed E-state index contributed by atoms with van der Waals surface area (Å²) in [7, 11) is 1.60. The molecule has 0 saturated heterocycles. The first-order valence-corrected chi connectivity index (χ1v) is 9.76. The maximum absolute atomic E-state index is 12.8. The van der Waals surface area contributed by atoms with Crippen LogP contribution in [0.1, 0.15) is 29.8 Å². The molecule has 0 aliphatic rings. The summed E-state index contributed by atoms with van der Waals surface area (Å²) in [6.07, 6.45) is 0. The summed E-state index contributed by atoms with van der Waals surface area (Å²) in [6.45, 7) is 5.71. The lowest BCUT2D eigenvalue weighted by molar-refractivity contribution is -0.118. The number of carbonyl (C=O) groups excluding carboxylic acids is 2. The van der Waals surface area contributed by atoms with Crippen molar-refractivity contribution in [2.24, 2.45) is 5.92 Å². The molecule has 0 aliphatic carbocycles. The third kappa shape index (κ3) is 4.86. The van der Waals surface area contributed by atoms with Crippen LogP contribution in [0.4, 0.5) is 5.82 Å². The number of ether oxygens (including phenoxy) is 1. The van der Waals surface area contributed by atoms with Gasteiger partial charge in [-0.15, -0.1) is 0 Å². The third-order valence-electron chi connectivity index (χ3n) is 4.78. The zero-order valence-electron chi connectivity index (χ0n) is 17.5. The third-order valence-corrected chi connectivity index (χ3v) is 4.78. The number of rotatable bonds is 7. The van der Waals surface area contributed by atoms with Crippen molar-refractivity contribution in [2.75, 3.05) is 12.4 Å². The summed E-state index contributed by atoms with van der Waals surface area (Å²) in [6, 6.07) is 15.8. The SMILES string of the molecule is COc1ccccc1-c1cc(NC(=O)C(NC(=O)c2ccc(C)cc2)C(C)C)n[nH]1. The van der Waals surface area contributed by atoms with E-state index in [4.69, 9.17) is 4.74 Å². The van der Waals surface area contributed by atoms with Crippen molar-refractivity contribution in [1.82, 2.24) is 15.5 Å². The average Bonchev–Trinajstić information content (AvgIpc) is 3.20. The van der Waals surface area contributed by atoms with Crippen molar-refractivity contribution < 1.29 is 14.3 Å². The van der Waals surface area contributed by atoms with Crippen LogP contribution in [-0.2, 0) is 4.79 Å². The molecule has 0 radical (unpaired) electrons. The van der Waals surface area contributed by atoms with Gasteiger partial charge in [-0.25, -0.2) is 0 Å². The lowest BCUT2D eigenvalue weighted by Crippen LogP contribution is -2.47. The molecule has 156 valence electrons. The smallest absolute Gasteiger partial charge is 0.251 e. The predicted octanol–water partition coefficient (Wildman–Crippen LogP) is 3.79. The first-order chi connectivity index (χ1) is 14.4. The number of hydrogen-bond donors (Lipinski definition) is 3. The summed E-state index contributed by atoms with van der Waals surface area (Å²) in [5.41, 5.74) is 3.12. The molecule has 7 nitrogen and oxygen atoms in total. The van der Waals surface area contributed by atoms with Gasteiger partial charge in [-0.1, -0.05) is 43.7 Å². The van der Waals surface area contributed by atoms with Gasteiger partial charge < -0.3 is 15.4 Å².